The van der Waals surface area contributed by atoms with Crippen LogP contribution in [0.4, 0.5) is 0 Å². The van der Waals surface area contributed by atoms with Gasteiger partial charge in [0, 0.05) is 30.0 Å². The van der Waals surface area contributed by atoms with Crippen LogP contribution in [-0.4, -0.2) is 25.2 Å². The van der Waals surface area contributed by atoms with E-state index in [9.17, 15) is 9.59 Å². The van der Waals surface area contributed by atoms with Crippen molar-refractivity contribution in [3.63, 3.8) is 0 Å². The quantitative estimate of drug-likeness (QED) is 0.836. The fraction of sp³-hybridized carbons (Fsp3) is 0.600. The maximum Gasteiger partial charge on any atom is 0.343 e. The van der Waals surface area contributed by atoms with Gasteiger partial charge in [0.25, 0.3) is 0 Å². The van der Waals surface area contributed by atoms with Crippen LogP contribution in [0.5, 0.6) is 0 Å². The predicted octanol–water partition coefficient (Wildman–Crippen LogP) is 2.06. The lowest BCUT2D eigenvalue weighted by atomic mass is 10.0. The number of ether oxygens (including phenoxy) is 2. The Kier molecular flexibility index (Phi) is 3.38. The first-order valence-electron chi connectivity index (χ1n) is 7.03. The standard InChI is InChI=1S/C15H19NO4/c1-19-7-10-12(8-3-4-8)16-13(9-5-6-9)11(14(10)17)15(18)20-2/h8-9H,3-7H2,1-2H3,(H,16,17). The lowest BCUT2D eigenvalue weighted by molar-refractivity contribution is 0.0596. The molecule has 0 spiro atoms. The summed E-state index contributed by atoms with van der Waals surface area (Å²) in [5.41, 5.74) is 2.27. The molecule has 2 aliphatic rings. The van der Waals surface area contributed by atoms with Crippen molar-refractivity contribution in [1.82, 2.24) is 4.98 Å². The van der Waals surface area contributed by atoms with Gasteiger partial charge in [0.15, 0.2) is 0 Å². The number of hydrogen-bond donors (Lipinski definition) is 1. The van der Waals surface area contributed by atoms with E-state index in [1.807, 2.05) is 0 Å². The number of methoxy groups -OCH3 is 2. The van der Waals surface area contributed by atoms with Gasteiger partial charge < -0.3 is 14.5 Å². The number of aromatic amines is 1. The second-order valence-electron chi connectivity index (χ2n) is 5.61. The van der Waals surface area contributed by atoms with E-state index in [2.05, 4.69) is 4.98 Å². The van der Waals surface area contributed by atoms with E-state index >= 15 is 0 Å². The van der Waals surface area contributed by atoms with Crippen LogP contribution in [-0.2, 0) is 16.1 Å². The maximum absolute atomic E-state index is 12.7. The highest BCUT2D eigenvalue weighted by Crippen LogP contribution is 2.44. The molecule has 108 valence electrons. The fourth-order valence-corrected chi connectivity index (χ4v) is 2.67. The summed E-state index contributed by atoms with van der Waals surface area (Å²) in [6.45, 7) is 0.232. The summed E-state index contributed by atoms with van der Waals surface area (Å²) in [7, 11) is 2.87. The molecule has 1 aromatic rings. The summed E-state index contributed by atoms with van der Waals surface area (Å²) >= 11 is 0. The summed E-state index contributed by atoms with van der Waals surface area (Å²) in [5.74, 6) is 0.163. The number of hydrogen-bond acceptors (Lipinski definition) is 4. The van der Waals surface area contributed by atoms with Gasteiger partial charge in [-0.25, -0.2) is 4.79 Å². The van der Waals surface area contributed by atoms with E-state index in [1.165, 1.54) is 7.11 Å². The summed E-state index contributed by atoms with van der Waals surface area (Å²) < 4.78 is 9.92. The molecule has 2 fully saturated rings. The molecular formula is C15H19NO4. The Morgan fingerprint density at radius 2 is 1.75 bits per heavy atom. The molecule has 1 aromatic heterocycles. The van der Waals surface area contributed by atoms with Crippen LogP contribution in [0, 0.1) is 0 Å². The first-order chi connectivity index (χ1) is 9.67. The van der Waals surface area contributed by atoms with Crippen LogP contribution in [0.25, 0.3) is 0 Å². The van der Waals surface area contributed by atoms with Gasteiger partial charge in [0.05, 0.1) is 13.7 Å². The Hall–Kier alpha value is -1.62. The van der Waals surface area contributed by atoms with Crippen LogP contribution in [0.2, 0.25) is 0 Å². The molecule has 2 saturated carbocycles. The molecule has 0 bridgehead atoms. The number of carbonyl (C=O) groups is 1. The third-order valence-corrected chi connectivity index (χ3v) is 4.01. The first-order valence-corrected chi connectivity index (χ1v) is 7.03. The normalized spacial score (nSPS) is 18.1. The third kappa shape index (κ3) is 2.26. The van der Waals surface area contributed by atoms with Crippen molar-refractivity contribution < 1.29 is 14.3 Å². The number of nitrogens with one attached hydrogen (secondary N) is 1. The average Bonchev–Trinajstić information content (AvgIpc) is 3.29. The highest BCUT2D eigenvalue weighted by Gasteiger charge is 2.36. The number of aromatic nitrogens is 1. The van der Waals surface area contributed by atoms with Crippen LogP contribution >= 0.6 is 0 Å². The number of pyridine rings is 1. The molecule has 1 heterocycles. The lowest BCUT2D eigenvalue weighted by Crippen LogP contribution is -2.26. The molecule has 5 nitrogen and oxygen atoms in total. The summed E-state index contributed by atoms with van der Waals surface area (Å²) in [6.07, 6.45) is 4.23. The average molecular weight is 277 g/mol. The van der Waals surface area contributed by atoms with Crippen molar-refractivity contribution in [2.24, 2.45) is 0 Å². The smallest absolute Gasteiger partial charge is 0.343 e. The van der Waals surface area contributed by atoms with E-state index < -0.39 is 5.97 Å². The molecule has 0 amide bonds. The van der Waals surface area contributed by atoms with E-state index in [-0.39, 0.29) is 17.6 Å². The minimum absolute atomic E-state index is 0.173. The second-order valence-corrected chi connectivity index (χ2v) is 5.61. The Balaban J connectivity index is 2.18. The maximum atomic E-state index is 12.7. The van der Waals surface area contributed by atoms with Gasteiger partial charge in [0.1, 0.15) is 5.56 Å². The fourth-order valence-electron chi connectivity index (χ4n) is 2.67. The van der Waals surface area contributed by atoms with Gasteiger partial charge in [-0.05, 0) is 31.6 Å². The summed E-state index contributed by atoms with van der Waals surface area (Å²) in [6, 6.07) is 0. The molecule has 20 heavy (non-hydrogen) atoms. The van der Waals surface area contributed by atoms with Crippen LogP contribution in [0.3, 0.4) is 0 Å². The zero-order valence-corrected chi connectivity index (χ0v) is 11.8. The van der Waals surface area contributed by atoms with Crippen molar-refractivity contribution in [1.29, 1.82) is 0 Å². The minimum Gasteiger partial charge on any atom is -0.465 e. The topological polar surface area (TPSA) is 68.4 Å². The Morgan fingerprint density at radius 1 is 1.15 bits per heavy atom. The van der Waals surface area contributed by atoms with Crippen LogP contribution < -0.4 is 5.43 Å². The van der Waals surface area contributed by atoms with Crippen molar-refractivity contribution >= 4 is 5.97 Å². The number of esters is 1. The number of carbonyl (C=O) groups excluding carboxylic acids is 1. The van der Waals surface area contributed by atoms with Gasteiger partial charge in [-0.15, -0.1) is 0 Å². The van der Waals surface area contributed by atoms with Crippen molar-refractivity contribution in [2.45, 2.75) is 44.1 Å². The van der Waals surface area contributed by atoms with E-state index in [4.69, 9.17) is 9.47 Å². The molecule has 2 aliphatic carbocycles. The second kappa shape index (κ2) is 5.05. The third-order valence-electron chi connectivity index (χ3n) is 4.01. The van der Waals surface area contributed by atoms with E-state index in [0.717, 1.165) is 37.1 Å². The predicted molar refractivity (Wildman–Crippen MR) is 73.1 cm³/mol. The van der Waals surface area contributed by atoms with Gasteiger partial charge in [-0.2, -0.15) is 0 Å². The van der Waals surface area contributed by atoms with Gasteiger partial charge in [-0.3, -0.25) is 4.79 Å². The van der Waals surface area contributed by atoms with Crippen molar-refractivity contribution in [3.8, 4) is 0 Å². The molecule has 0 radical (unpaired) electrons. The molecule has 0 atom stereocenters. The Morgan fingerprint density at radius 3 is 2.25 bits per heavy atom. The molecule has 0 aromatic carbocycles. The molecule has 0 aliphatic heterocycles. The SMILES string of the molecule is COCc1c(C2CC2)[nH]c(C2CC2)c(C(=O)OC)c1=O. The molecule has 5 heteroatoms. The highest BCUT2D eigenvalue weighted by molar-refractivity contribution is 5.91. The van der Waals surface area contributed by atoms with Gasteiger partial charge in [-0.1, -0.05) is 0 Å². The largest absolute Gasteiger partial charge is 0.465 e. The summed E-state index contributed by atoms with van der Waals surface area (Å²) in [4.78, 5) is 28.0. The van der Waals surface area contributed by atoms with Gasteiger partial charge in [0.2, 0.25) is 5.43 Å². The lowest BCUT2D eigenvalue weighted by Gasteiger charge is -2.14. The Labute approximate surface area is 117 Å². The molecule has 1 N–H and O–H groups in total. The van der Waals surface area contributed by atoms with Crippen molar-refractivity contribution in [2.75, 3.05) is 14.2 Å². The minimum atomic E-state index is -0.548. The highest BCUT2D eigenvalue weighted by atomic mass is 16.5. The zero-order valence-electron chi connectivity index (χ0n) is 11.8. The van der Waals surface area contributed by atoms with E-state index in [1.54, 1.807) is 7.11 Å². The molecule has 0 saturated heterocycles. The Bertz CT molecular complexity index is 597. The number of rotatable bonds is 5. The van der Waals surface area contributed by atoms with E-state index in [0.29, 0.717) is 17.4 Å². The van der Waals surface area contributed by atoms with Crippen molar-refractivity contribution in [3.05, 3.63) is 32.7 Å². The number of H-pyrrole nitrogens is 1. The first kappa shape index (κ1) is 13.4. The summed E-state index contributed by atoms with van der Waals surface area (Å²) in [5, 5.41) is 0. The monoisotopic (exact) mass is 277 g/mol. The molecular weight excluding hydrogens is 258 g/mol. The van der Waals surface area contributed by atoms with Crippen LogP contribution in [0.15, 0.2) is 4.79 Å². The van der Waals surface area contributed by atoms with Crippen LogP contribution in [0.1, 0.15) is 64.8 Å². The molecule has 0 unspecified atom stereocenters. The molecule has 3 rings (SSSR count). The zero-order chi connectivity index (χ0) is 14.3. The van der Waals surface area contributed by atoms with Gasteiger partial charge >= 0.3 is 5.97 Å².